The Balaban J connectivity index is 0.00000408. The van der Waals surface area contributed by atoms with Crippen LogP contribution in [-0.4, -0.2) is 16.6 Å². The Kier molecular flexibility index (Phi) is 10.5. The van der Waals surface area contributed by atoms with Crippen LogP contribution in [0.4, 0.5) is 23.2 Å². The summed E-state index contributed by atoms with van der Waals surface area (Å²) in [5.41, 5.74) is 1.56. The fraction of sp³-hybridized carbons (Fsp3) is 0.250. The van der Waals surface area contributed by atoms with Crippen molar-refractivity contribution in [2.45, 2.75) is 38.9 Å². The van der Waals surface area contributed by atoms with Crippen molar-refractivity contribution in [3.05, 3.63) is 89.6 Å². The van der Waals surface area contributed by atoms with Gasteiger partial charge in [-0.15, -0.1) is 11.9 Å². The second-order valence-corrected chi connectivity index (χ2v) is 7.38. The average Bonchev–Trinajstić information content (AvgIpc) is 3.25. The second kappa shape index (κ2) is 12.6. The minimum Gasteiger partial charge on any atom is -0.560 e. The van der Waals surface area contributed by atoms with E-state index in [0.29, 0.717) is 0 Å². The predicted molar refractivity (Wildman–Crippen MR) is 118 cm³/mol. The zero-order valence-electron chi connectivity index (χ0n) is 19.0. The van der Waals surface area contributed by atoms with E-state index in [1.54, 1.807) is 6.92 Å². The van der Waals surface area contributed by atoms with Crippen molar-refractivity contribution in [1.29, 1.82) is 0 Å². The first-order valence-corrected chi connectivity index (χ1v) is 10.2. The predicted octanol–water partition coefficient (Wildman–Crippen LogP) is 2.81. The van der Waals surface area contributed by atoms with Crippen LogP contribution in [0.3, 0.4) is 0 Å². The molecule has 2 N–H and O–H groups in total. The molecule has 0 bridgehead atoms. The number of alkyl halides is 3. The average molecular weight is 498 g/mol. The third-order valence-electron chi connectivity index (χ3n) is 4.99. The summed E-state index contributed by atoms with van der Waals surface area (Å²) in [5, 5.41) is 5.44. The van der Waals surface area contributed by atoms with Crippen LogP contribution in [0, 0.1) is 18.4 Å². The summed E-state index contributed by atoms with van der Waals surface area (Å²) >= 11 is 0. The first kappa shape index (κ1) is 28.3. The Morgan fingerprint density at radius 3 is 2.71 bits per heavy atom. The van der Waals surface area contributed by atoms with Crippen LogP contribution in [0.2, 0.25) is 0 Å². The first-order chi connectivity index (χ1) is 15.7. The molecule has 1 aromatic heterocycles. The summed E-state index contributed by atoms with van der Waals surface area (Å²) in [6.07, 6.45) is 6.42. The third-order valence-corrected chi connectivity index (χ3v) is 4.99. The number of halogens is 4. The summed E-state index contributed by atoms with van der Waals surface area (Å²) < 4.78 is 52.2. The number of hydrogen-bond donors (Lipinski definition) is 2. The summed E-state index contributed by atoms with van der Waals surface area (Å²) in [6.45, 7) is 3.80. The van der Waals surface area contributed by atoms with Gasteiger partial charge in [0.1, 0.15) is 11.5 Å². The standard InChI is InChI=1S/C24H22F4N4O.K/c1-3-16-4-6-18(12-16)30-11-10-29-15(2)20-13-19(7-8-21(20)25)32-23(33)17-5-9-22(31-14-17)24(26,27)28;/h5-9,11-15,29H,3-4H2,1-2H3,(H,32,33);/q-2;+1. The molecule has 1 amide bonds. The molecule has 5 nitrogen and oxygen atoms in total. The van der Waals surface area contributed by atoms with Crippen molar-refractivity contribution in [1.82, 2.24) is 10.3 Å². The summed E-state index contributed by atoms with van der Waals surface area (Å²) in [6, 6.07) is 5.27. The molecule has 3 rings (SSSR count). The number of pyridine rings is 1. The number of amides is 1. The summed E-state index contributed by atoms with van der Waals surface area (Å²) in [5.74, 6) is -1.15. The molecule has 1 atom stereocenters. The van der Waals surface area contributed by atoms with E-state index in [1.165, 1.54) is 30.0 Å². The number of benzene rings is 1. The van der Waals surface area contributed by atoms with Crippen molar-refractivity contribution in [3.63, 3.8) is 0 Å². The number of carbonyl (C=O) groups is 1. The largest absolute Gasteiger partial charge is 1.00 e. The Bertz CT molecular complexity index is 1100. The molecule has 34 heavy (non-hydrogen) atoms. The number of nitrogens with zero attached hydrogens (tertiary/aromatic N) is 2. The minimum absolute atomic E-state index is 0. The zero-order valence-corrected chi connectivity index (χ0v) is 22.1. The van der Waals surface area contributed by atoms with Gasteiger partial charge in [0.25, 0.3) is 5.91 Å². The Hall–Kier alpha value is -1.98. The molecule has 0 radical (unpaired) electrons. The van der Waals surface area contributed by atoms with E-state index in [0.717, 1.165) is 36.9 Å². The third kappa shape index (κ3) is 7.77. The molecule has 174 valence electrons. The number of rotatable bonds is 7. The molecule has 10 heteroatoms. The molecule has 1 aliphatic rings. The van der Waals surface area contributed by atoms with Crippen LogP contribution >= 0.6 is 0 Å². The van der Waals surface area contributed by atoms with Gasteiger partial charge in [0.2, 0.25) is 0 Å². The number of aromatic nitrogens is 1. The van der Waals surface area contributed by atoms with Crippen molar-refractivity contribution in [2.75, 3.05) is 5.32 Å². The van der Waals surface area contributed by atoms with Gasteiger partial charge in [-0.2, -0.15) is 24.8 Å². The van der Waals surface area contributed by atoms with Gasteiger partial charge in [-0.25, -0.2) is 10.8 Å². The maximum absolute atomic E-state index is 14.3. The van der Waals surface area contributed by atoms with Crippen molar-refractivity contribution in [2.24, 2.45) is 4.99 Å². The smallest absolute Gasteiger partial charge is 0.560 e. The molecule has 0 aliphatic heterocycles. The molecule has 1 aromatic carbocycles. The van der Waals surface area contributed by atoms with Gasteiger partial charge in [0.05, 0.1) is 5.56 Å². The quantitative estimate of drug-likeness (QED) is 0.268. The molecule has 0 spiro atoms. The van der Waals surface area contributed by atoms with Crippen LogP contribution in [0.25, 0.3) is 0 Å². The maximum atomic E-state index is 14.3. The van der Waals surface area contributed by atoms with Crippen LogP contribution < -0.4 is 62.0 Å². The van der Waals surface area contributed by atoms with Gasteiger partial charge in [-0.1, -0.05) is 19.8 Å². The maximum Gasteiger partial charge on any atom is 1.00 e. The second-order valence-electron chi connectivity index (χ2n) is 7.38. The number of aliphatic imine (C=N–C) groups is 1. The number of carbonyl (C=O) groups excluding carboxylic acids is 1. The molecule has 1 unspecified atom stereocenters. The Morgan fingerprint density at radius 1 is 1.32 bits per heavy atom. The van der Waals surface area contributed by atoms with E-state index >= 15 is 0 Å². The number of nitrogens with one attached hydrogen (secondary N) is 2. The van der Waals surface area contributed by atoms with Crippen LogP contribution in [-0.2, 0) is 6.18 Å². The van der Waals surface area contributed by atoms with Crippen molar-refractivity contribution >= 4 is 17.3 Å². The molecular formula is C24H22F4KN4O-. The molecule has 1 heterocycles. The fourth-order valence-corrected chi connectivity index (χ4v) is 3.10. The first-order valence-electron chi connectivity index (χ1n) is 10.2. The van der Waals surface area contributed by atoms with E-state index in [-0.39, 0.29) is 68.2 Å². The van der Waals surface area contributed by atoms with Gasteiger partial charge < -0.3 is 21.8 Å². The van der Waals surface area contributed by atoms with Gasteiger partial charge in [-0.05, 0) is 37.3 Å². The zero-order chi connectivity index (χ0) is 24.0. The van der Waals surface area contributed by atoms with E-state index in [2.05, 4.69) is 33.7 Å². The van der Waals surface area contributed by atoms with Crippen LogP contribution in [0.5, 0.6) is 0 Å². The number of hydrogen-bond acceptors (Lipinski definition) is 4. The molecule has 0 fully saturated rings. The SMILES string of the molecule is CCC1=CC(=NC=[C-]NC(C)c2cc(NC(=O)c3ccc(C(F)(F)F)nc3)ccc2F)[CH-]C1.[K+]. The molecule has 2 aromatic rings. The summed E-state index contributed by atoms with van der Waals surface area (Å²) in [4.78, 5) is 19.9. The van der Waals surface area contributed by atoms with Gasteiger partial charge in [-0.3, -0.25) is 9.78 Å². The Labute approximate surface area is 238 Å². The van der Waals surface area contributed by atoms with Crippen molar-refractivity contribution in [3.8, 4) is 0 Å². The summed E-state index contributed by atoms with van der Waals surface area (Å²) in [7, 11) is 0. The molecular weight excluding hydrogens is 475 g/mol. The van der Waals surface area contributed by atoms with Gasteiger partial charge >= 0.3 is 57.6 Å². The van der Waals surface area contributed by atoms with E-state index < -0.39 is 29.6 Å². The van der Waals surface area contributed by atoms with Crippen LogP contribution in [0.15, 0.2) is 59.4 Å². The van der Waals surface area contributed by atoms with E-state index in [4.69, 9.17) is 0 Å². The number of allylic oxidation sites excluding steroid dienone is 2. The topological polar surface area (TPSA) is 66.4 Å². The molecule has 0 saturated heterocycles. The van der Waals surface area contributed by atoms with Gasteiger partial charge in [0, 0.05) is 23.5 Å². The van der Waals surface area contributed by atoms with Gasteiger partial charge in [0.15, 0.2) is 0 Å². The Morgan fingerprint density at radius 2 is 2.09 bits per heavy atom. The monoisotopic (exact) mass is 497 g/mol. The molecule has 1 aliphatic carbocycles. The van der Waals surface area contributed by atoms with E-state index in [9.17, 15) is 22.4 Å². The normalized spacial score (nSPS) is 15.5. The number of anilines is 1. The van der Waals surface area contributed by atoms with Crippen LogP contribution in [0.1, 0.15) is 54.3 Å². The van der Waals surface area contributed by atoms with E-state index in [1.807, 2.05) is 12.5 Å². The minimum atomic E-state index is -4.59. The fourth-order valence-electron chi connectivity index (χ4n) is 3.10. The molecule has 0 saturated carbocycles. The van der Waals surface area contributed by atoms with Crippen molar-refractivity contribution < 1.29 is 73.7 Å².